The summed E-state index contributed by atoms with van der Waals surface area (Å²) in [5.41, 5.74) is 3.21. The largest absolute Gasteiger partial charge is 0.350 e. The van der Waals surface area contributed by atoms with Gasteiger partial charge in [0.15, 0.2) is 5.82 Å². The molecule has 1 aliphatic rings. The summed E-state index contributed by atoms with van der Waals surface area (Å²) in [7, 11) is 0. The highest BCUT2D eigenvalue weighted by molar-refractivity contribution is 5.79. The molecule has 0 bridgehead atoms. The fourth-order valence-corrected chi connectivity index (χ4v) is 3.00. The highest BCUT2D eigenvalue weighted by Crippen LogP contribution is 2.39. The van der Waals surface area contributed by atoms with E-state index in [1.807, 2.05) is 30.5 Å². The first-order valence-electron chi connectivity index (χ1n) is 8.65. The number of nitrogens with zero attached hydrogens (tertiary/aromatic N) is 4. The number of aromatic nitrogens is 6. The molecule has 0 atom stereocenters. The monoisotopic (exact) mass is 346 g/mol. The number of anilines is 3. The standard InChI is InChI=1S/C18H18N8/c1-2-11(1)14-9-16(26-25-14)23-15-5-8-21-18(24-15)22-10-12-3-6-19-17-13(12)4-7-20-17/h3-9,11H,1-2,10H2,(H,19,20)(H3,21,22,23,24,25,26). The lowest BCUT2D eigenvalue weighted by molar-refractivity contribution is 0.966. The van der Waals surface area contributed by atoms with Gasteiger partial charge in [-0.1, -0.05) is 0 Å². The van der Waals surface area contributed by atoms with E-state index in [-0.39, 0.29) is 0 Å². The Morgan fingerprint density at radius 3 is 2.92 bits per heavy atom. The lowest BCUT2D eigenvalue weighted by Crippen LogP contribution is -2.05. The SMILES string of the molecule is c1cc(Nc2cc(C3CC3)[nH]n2)nc(NCc2ccnc3[nH]ccc23)n1. The van der Waals surface area contributed by atoms with Gasteiger partial charge >= 0.3 is 0 Å². The molecule has 1 aliphatic carbocycles. The molecule has 8 heteroatoms. The summed E-state index contributed by atoms with van der Waals surface area (Å²) in [6.45, 7) is 0.620. The van der Waals surface area contributed by atoms with Gasteiger partial charge in [0, 0.05) is 48.2 Å². The Hall–Kier alpha value is -3.42. The van der Waals surface area contributed by atoms with Crippen molar-refractivity contribution >= 4 is 28.6 Å². The number of aromatic amines is 2. The van der Waals surface area contributed by atoms with Crippen LogP contribution in [0.3, 0.4) is 0 Å². The van der Waals surface area contributed by atoms with Gasteiger partial charge in [-0.05, 0) is 36.6 Å². The van der Waals surface area contributed by atoms with Gasteiger partial charge in [-0.2, -0.15) is 10.1 Å². The Labute approximate surface area is 149 Å². The maximum absolute atomic E-state index is 4.51. The molecule has 1 saturated carbocycles. The number of fused-ring (bicyclic) bond motifs is 1. The normalized spacial score (nSPS) is 13.8. The molecule has 5 rings (SSSR count). The van der Waals surface area contributed by atoms with Crippen LogP contribution in [0.15, 0.2) is 42.9 Å². The van der Waals surface area contributed by atoms with Crippen LogP contribution in [0, 0.1) is 0 Å². The molecule has 0 aromatic carbocycles. The van der Waals surface area contributed by atoms with Gasteiger partial charge in [-0.3, -0.25) is 5.10 Å². The van der Waals surface area contributed by atoms with Gasteiger partial charge in [-0.15, -0.1) is 0 Å². The highest BCUT2D eigenvalue weighted by Gasteiger charge is 2.25. The van der Waals surface area contributed by atoms with Crippen LogP contribution in [-0.2, 0) is 6.54 Å². The lowest BCUT2D eigenvalue weighted by atomic mass is 10.2. The van der Waals surface area contributed by atoms with Crippen LogP contribution in [0.25, 0.3) is 11.0 Å². The molecule has 0 saturated heterocycles. The van der Waals surface area contributed by atoms with Crippen molar-refractivity contribution in [2.24, 2.45) is 0 Å². The predicted octanol–water partition coefficient (Wildman–Crippen LogP) is 3.31. The van der Waals surface area contributed by atoms with Crippen LogP contribution in [0.1, 0.15) is 30.0 Å². The van der Waals surface area contributed by atoms with Crippen molar-refractivity contribution in [2.45, 2.75) is 25.3 Å². The van der Waals surface area contributed by atoms with Crippen LogP contribution in [0.4, 0.5) is 17.6 Å². The lowest BCUT2D eigenvalue weighted by Gasteiger charge is -2.07. The highest BCUT2D eigenvalue weighted by atomic mass is 15.2. The van der Waals surface area contributed by atoms with Crippen molar-refractivity contribution in [1.29, 1.82) is 0 Å². The molecule has 4 aromatic rings. The second-order valence-electron chi connectivity index (χ2n) is 6.44. The molecule has 4 heterocycles. The molecule has 0 spiro atoms. The van der Waals surface area contributed by atoms with Crippen LogP contribution in [-0.4, -0.2) is 30.1 Å². The van der Waals surface area contributed by atoms with E-state index in [9.17, 15) is 0 Å². The van der Waals surface area contributed by atoms with Crippen molar-refractivity contribution in [3.05, 3.63) is 54.1 Å². The molecule has 0 amide bonds. The third-order valence-electron chi connectivity index (χ3n) is 4.51. The van der Waals surface area contributed by atoms with E-state index in [2.05, 4.69) is 40.8 Å². The van der Waals surface area contributed by atoms with E-state index in [4.69, 9.17) is 0 Å². The number of rotatable bonds is 6. The van der Waals surface area contributed by atoms with Gasteiger partial charge in [-0.25, -0.2) is 9.97 Å². The van der Waals surface area contributed by atoms with Gasteiger partial charge in [0.1, 0.15) is 11.5 Å². The Morgan fingerprint density at radius 2 is 2.00 bits per heavy atom. The maximum Gasteiger partial charge on any atom is 0.224 e. The van der Waals surface area contributed by atoms with E-state index in [1.54, 1.807) is 12.4 Å². The summed E-state index contributed by atoms with van der Waals surface area (Å²) in [6, 6.07) is 7.89. The second-order valence-corrected chi connectivity index (χ2v) is 6.44. The third-order valence-corrected chi connectivity index (χ3v) is 4.51. The summed E-state index contributed by atoms with van der Waals surface area (Å²) in [6.07, 6.45) is 7.90. The Balaban J connectivity index is 1.29. The van der Waals surface area contributed by atoms with E-state index < -0.39 is 0 Å². The zero-order valence-electron chi connectivity index (χ0n) is 14.0. The molecular formula is C18H18N8. The average molecular weight is 346 g/mol. The number of nitrogens with one attached hydrogen (secondary N) is 4. The molecule has 26 heavy (non-hydrogen) atoms. The van der Waals surface area contributed by atoms with Gasteiger partial charge in [0.05, 0.1) is 0 Å². The molecular weight excluding hydrogens is 328 g/mol. The first-order valence-corrected chi connectivity index (χ1v) is 8.65. The molecule has 130 valence electrons. The quantitative estimate of drug-likeness (QED) is 0.427. The number of hydrogen-bond acceptors (Lipinski definition) is 6. The van der Waals surface area contributed by atoms with Crippen LogP contribution in [0.2, 0.25) is 0 Å². The first kappa shape index (κ1) is 14.9. The van der Waals surface area contributed by atoms with Crippen molar-refractivity contribution in [3.8, 4) is 0 Å². The van der Waals surface area contributed by atoms with Crippen molar-refractivity contribution in [2.75, 3.05) is 10.6 Å². The molecule has 0 radical (unpaired) electrons. The minimum atomic E-state index is 0.563. The fourth-order valence-electron chi connectivity index (χ4n) is 3.00. The van der Waals surface area contributed by atoms with Gasteiger partial charge in [0.2, 0.25) is 5.95 Å². The summed E-state index contributed by atoms with van der Waals surface area (Å²) in [5.74, 6) is 2.69. The third kappa shape index (κ3) is 2.97. The summed E-state index contributed by atoms with van der Waals surface area (Å²) in [4.78, 5) is 16.2. The topological polar surface area (TPSA) is 107 Å². The Bertz CT molecular complexity index is 1050. The van der Waals surface area contributed by atoms with E-state index >= 15 is 0 Å². The zero-order valence-corrected chi connectivity index (χ0v) is 14.0. The van der Waals surface area contributed by atoms with Crippen molar-refractivity contribution < 1.29 is 0 Å². The number of pyridine rings is 1. The molecule has 0 unspecified atom stereocenters. The molecule has 4 aromatic heterocycles. The minimum absolute atomic E-state index is 0.563. The van der Waals surface area contributed by atoms with E-state index in [0.717, 1.165) is 22.4 Å². The molecule has 0 aliphatic heterocycles. The van der Waals surface area contributed by atoms with Gasteiger partial charge < -0.3 is 15.6 Å². The minimum Gasteiger partial charge on any atom is -0.350 e. The van der Waals surface area contributed by atoms with Crippen molar-refractivity contribution in [1.82, 2.24) is 30.1 Å². The average Bonchev–Trinajstić information content (AvgIpc) is 3.21. The summed E-state index contributed by atoms with van der Waals surface area (Å²) >= 11 is 0. The van der Waals surface area contributed by atoms with Gasteiger partial charge in [0.25, 0.3) is 0 Å². The Kier molecular flexibility index (Phi) is 3.52. The van der Waals surface area contributed by atoms with E-state index in [0.29, 0.717) is 24.2 Å². The van der Waals surface area contributed by atoms with Crippen LogP contribution >= 0.6 is 0 Å². The van der Waals surface area contributed by atoms with Crippen LogP contribution in [0.5, 0.6) is 0 Å². The smallest absolute Gasteiger partial charge is 0.224 e. The summed E-state index contributed by atoms with van der Waals surface area (Å²) < 4.78 is 0. The molecule has 1 fully saturated rings. The fraction of sp³-hybridized carbons (Fsp3) is 0.222. The Morgan fingerprint density at radius 1 is 1.08 bits per heavy atom. The van der Waals surface area contributed by atoms with Crippen molar-refractivity contribution in [3.63, 3.8) is 0 Å². The van der Waals surface area contributed by atoms with Crippen LogP contribution < -0.4 is 10.6 Å². The number of H-pyrrole nitrogens is 2. The summed E-state index contributed by atoms with van der Waals surface area (Å²) in [5, 5.41) is 15.0. The van der Waals surface area contributed by atoms with E-state index in [1.165, 1.54) is 18.5 Å². The molecule has 4 N–H and O–H groups in total. The first-order chi connectivity index (χ1) is 12.8. The molecule has 8 nitrogen and oxygen atoms in total. The maximum atomic E-state index is 4.51. The number of hydrogen-bond donors (Lipinski definition) is 4. The zero-order chi connectivity index (χ0) is 17.3. The second kappa shape index (κ2) is 6.14. The predicted molar refractivity (Wildman–Crippen MR) is 99.3 cm³/mol.